The first kappa shape index (κ1) is 13.5. The van der Waals surface area contributed by atoms with E-state index in [0.717, 1.165) is 37.3 Å². The van der Waals surface area contributed by atoms with Gasteiger partial charge >= 0.3 is 0 Å². The molecule has 1 atom stereocenters. The molecule has 2 amide bonds. The van der Waals surface area contributed by atoms with Gasteiger partial charge in [-0.25, -0.2) is 0 Å². The molecule has 0 spiro atoms. The topological polar surface area (TPSA) is 40.6 Å². The lowest BCUT2D eigenvalue weighted by Crippen LogP contribution is -2.53. The van der Waals surface area contributed by atoms with Crippen molar-refractivity contribution in [1.29, 1.82) is 0 Å². The van der Waals surface area contributed by atoms with Crippen LogP contribution in [0.15, 0.2) is 11.6 Å². The van der Waals surface area contributed by atoms with Gasteiger partial charge in [0.05, 0.1) is 5.88 Å². The molecular weight excluding hydrogens is 248 g/mol. The Bertz CT molecular complexity index is 377. The van der Waals surface area contributed by atoms with E-state index in [1.807, 2.05) is 24.8 Å². The van der Waals surface area contributed by atoms with Crippen LogP contribution in [0.25, 0.3) is 0 Å². The van der Waals surface area contributed by atoms with Crippen LogP contribution < -0.4 is 0 Å². The number of hydrogen-bond acceptors (Lipinski definition) is 3. The second-order valence-corrected chi connectivity index (χ2v) is 5.76. The normalized spacial score (nSPS) is 24.1. The van der Waals surface area contributed by atoms with Crippen LogP contribution in [-0.2, 0) is 9.59 Å². The Morgan fingerprint density at radius 2 is 2.11 bits per heavy atom. The third kappa shape index (κ3) is 2.55. The fourth-order valence-electron chi connectivity index (χ4n) is 2.21. The minimum absolute atomic E-state index is 0.0146. The highest BCUT2D eigenvalue weighted by molar-refractivity contribution is 7.99. The zero-order chi connectivity index (χ0) is 13.1. The Hall–Kier alpha value is -0.970. The number of amides is 2. The van der Waals surface area contributed by atoms with Crippen LogP contribution in [0.5, 0.6) is 0 Å². The Morgan fingerprint density at radius 1 is 1.39 bits per heavy atom. The van der Waals surface area contributed by atoms with Gasteiger partial charge in [-0.15, -0.1) is 11.8 Å². The van der Waals surface area contributed by atoms with E-state index in [0.29, 0.717) is 5.88 Å². The summed E-state index contributed by atoms with van der Waals surface area (Å²) in [7, 11) is 0. The molecule has 0 aromatic rings. The number of carbonyl (C=O) groups excluding carboxylic acids is 2. The van der Waals surface area contributed by atoms with E-state index >= 15 is 0 Å². The van der Waals surface area contributed by atoms with Crippen LogP contribution in [0.3, 0.4) is 0 Å². The van der Waals surface area contributed by atoms with Crippen LogP contribution in [0.4, 0.5) is 0 Å². The van der Waals surface area contributed by atoms with Gasteiger partial charge in [0.2, 0.25) is 5.91 Å². The summed E-state index contributed by atoms with van der Waals surface area (Å²) in [6, 6.07) is -0.247. The maximum Gasteiger partial charge on any atom is 0.250 e. The molecule has 5 heteroatoms. The number of hydrogen-bond donors (Lipinski definition) is 0. The van der Waals surface area contributed by atoms with Gasteiger partial charge in [-0.1, -0.05) is 13.0 Å². The van der Waals surface area contributed by atoms with E-state index < -0.39 is 0 Å². The summed E-state index contributed by atoms with van der Waals surface area (Å²) in [6.07, 6.45) is 3.87. The van der Waals surface area contributed by atoms with Crippen molar-refractivity contribution in [3.8, 4) is 0 Å². The minimum Gasteiger partial charge on any atom is -0.341 e. The van der Waals surface area contributed by atoms with E-state index in [2.05, 4.69) is 0 Å². The van der Waals surface area contributed by atoms with Crippen LogP contribution in [-0.4, -0.2) is 52.4 Å². The smallest absolute Gasteiger partial charge is 0.250 e. The summed E-state index contributed by atoms with van der Waals surface area (Å²) in [6.45, 7) is 5.55. The highest BCUT2D eigenvalue weighted by atomic mass is 32.2. The number of thioether (sulfide) groups is 1. The average molecular weight is 268 g/mol. The van der Waals surface area contributed by atoms with Gasteiger partial charge in [-0.2, -0.15) is 0 Å². The molecule has 0 aliphatic carbocycles. The predicted octanol–water partition coefficient (Wildman–Crippen LogP) is 1.48. The van der Waals surface area contributed by atoms with Gasteiger partial charge in [0.15, 0.2) is 0 Å². The van der Waals surface area contributed by atoms with Gasteiger partial charge in [-0.3, -0.25) is 9.59 Å². The molecule has 2 rings (SSSR count). The van der Waals surface area contributed by atoms with Crippen LogP contribution in [0, 0.1) is 0 Å². The quantitative estimate of drug-likeness (QED) is 0.728. The van der Waals surface area contributed by atoms with Crippen molar-refractivity contribution in [2.24, 2.45) is 0 Å². The third-order valence-corrected chi connectivity index (χ3v) is 4.46. The SMILES string of the molecule is CC/C=C(\C)C(=O)N1CSC[C@H]1C(=O)N1CCC1. The second-order valence-electron chi connectivity index (χ2n) is 4.76. The van der Waals surface area contributed by atoms with Gasteiger partial charge in [0, 0.05) is 24.4 Å². The number of nitrogens with zero attached hydrogens (tertiary/aromatic N) is 2. The molecule has 2 aliphatic rings. The molecule has 0 N–H and O–H groups in total. The zero-order valence-electron chi connectivity index (χ0n) is 11.0. The molecule has 0 unspecified atom stereocenters. The number of carbonyl (C=O) groups is 2. The van der Waals surface area contributed by atoms with Crippen molar-refractivity contribution in [1.82, 2.24) is 9.80 Å². The molecule has 0 saturated carbocycles. The highest BCUT2D eigenvalue weighted by Crippen LogP contribution is 2.25. The minimum atomic E-state index is -0.247. The molecule has 0 aromatic heterocycles. The van der Waals surface area contributed by atoms with Crippen molar-refractivity contribution < 1.29 is 9.59 Å². The monoisotopic (exact) mass is 268 g/mol. The van der Waals surface area contributed by atoms with Gasteiger partial charge in [-0.05, 0) is 19.8 Å². The number of rotatable bonds is 3. The van der Waals surface area contributed by atoms with Crippen molar-refractivity contribution in [2.75, 3.05) is 24.7 Å². The maximum absolute atomic E-state index is 12.3. The lowest BCUT2D eigenvalue weighted by Gasteiger charge is -2.35. The molecule has 0 radical (unpaired) electrons. The van der Waals surface area contributed by atoms with E-state index in [9.17, 15) is 9.59 Å². The molecule has 100 valence electrons. The summed E-state index contributed by atoms with van der Waals surface area (Å²) in [4.78, 5) is 28.1. The van der Waals surface area contributed by atoms with Crippen molar-refractivity contribution in [3.63, 3.8) is 0 Å². The first-order chi connectivity index (χ1) is 8.65. The van der Waals surface area contributed by atoms with E-state index in [4.69, 9.17) is 0 Å². The van der Waals surface area contributed by atoms with Crippen LogP contribution in [0.2, 0.25) is 0 Å². The fraction of sp³-hybridized carbons (Fsp3) is 0.692. The van der Waals surface area contributed by atoms with E-state index in [1.165, 1.54) is 0 Å². The molecule has 2 saturated heterocycles. The lowest BCUT2D eigenvalue weighted by atomic mass is 10.1. The van der Waals surface area contributed by atoms with Crippen LogP contribution >= 0.6 is 11.8 Å². The van der Waals surface area contributed by atoms with Gasteiger partial charge in [0.25, 0.3) is 5.91 Å². The van der Waals surface area contributed by atoms with E-state index in [-0.39, 0.29) is 17.9 Å². The Kier molecular flexibility index (Phi) is 4.32. The van der Waals surface area contributed by atoms with Crippen molar-refractivity contribution >= 4 is 23.6 Å². The molecule has 0 bridgehead atoms. The Morgan fingerprint density at radius 3 is 2.67 bits per heavy atom. The molecule has 2 fully saturated rings. The average Bonchev–Trinajstić information content (AvgIpc) is 2.74. The van der Waals surface area contributed by atoms with Gasteiger partial charge in [0.1, 0.15) is 6.04 Å². The van der Waals surface area contributed by atoms with Crippen molar-refractivity contribution in [3.05, 3.63) is 11.6 Å². The first-order valence-electron chi connectivity index (χ1n) is 6.49. The highest BCUT2D eigenvalue weighted by Gasteiger charge is 2.38. The summed E-state index contributed by atoms with van der Waals surface area (Å²) >= 11 is 1.66. The molecule has 2 aliphatic heterocycles. The molecule has 0 aromatic carbocycles. The van der Waals surface area contributed by atoms with Crippen molar-refractivity contribution in [2.45, 2.75) is 32.7 Å². The van der Waals surface area contributed by atoms with E-state index in [1.54, 1.807) is 16.7 Å². The molecule has 18 heavy (non-hydrogen) atoms. The standard InChI is InChI=1S/C13H20N2O2S/c1-3-5-10(2)12(16)15-9-18-8-11(15)13(17)14-6-4-7-14/h5,11H,3-4,6-9H2,1-2H3/b10-5+/t11-/m0/s1. The Labute approximate surface area is 112 Å². The summed E-state index contributed by atoms with van der Waals surface area (Å²) in [5.41, 5.74) is 0.751. The number of likely N-dealkylation sites (tertiary alicyclic amines) is 1. The maximum atomic E-state index is 12.3. The predicted molar refractivity (Wildman–Crippen MR) is 73.2 cm³/mol. The number of allylic oxidation sites excluding steroid dienone is 1. The zero-order valence-corrected chi connectivity index (χ0v) is 11.8. The molecule has 2 heterocycles. The summed E-state index contributed by atoms with van der Waals surface area (Å²) in [5, 5.41) is 0. The fourth-order valence-corrected chi connectivity index (χ4v) is 3.36. The Balaban J connectivity index is 2.04. The van der Waals surface area contributed by atoms with Crippen LogP contribution in [0.1, 0.15) is 26.7 Å². The third-order valence-electron chi connectivity index (χ3n) is 3.44. The summed E-state index contributed by atoms with van der Waals surface area (Å²) in [5.74, 6) is 1.52. The summed E-state index contributed by atoms with van der Waals surface area (Å²) < 4.78 is 0. The lowest BCUT2D eigenvalue weighted by molar-refractivity contribution is -0.144. The van der Waals surface area contributed by atoms with Gasteiger partial charge < -0.3 is 9.80 Å². The molecular formula is C13H20N2O2S. The second kappa shape index (κ2) is 5.78. The largest absolute Gasteiger partial charge is 0.341 e. The first-order valence-corrected chi connectivity index (χ1v) is 7.65. The molecule has 4 nitrogen and oxygen atoms in total.